The number of nitrogens with one attached hydrogen (secondary N) is 1. The number of rotatable bonds is 6. The lowest BCUT2D eigenvalue weighted by Gasteiger charge is -1.99. The van der Waals surface area contributed by atoms with Crippen molar-refractivity contribution in [3.05, 3.63) is 0 Å². The molecule has 3 N–H and O–H groups in total. The van der Waals surface area contributed by atoms with Crippen molar-refractivity contribution in [3.63, 3.8) is 0 Å². The zero-order valence-electron chi connectivity index (χ0n) is 6.52. The zero-order valence-corrected chi connectivity index (χ0v) is 6.52. The van der Waals surface area contributed by atoms with Gasteiger partial charge in [0.2, 0.25) is 0 Å². The van der Waals surface area contributed by atoms with Crippen LogP contribution < -0.4 is 5.73 Å². The minimum atomic E-state index is 0.275. The lowest BCUT2D eigenvalue weighted by atomic mass is 10.2. The van der Waals surface area contributed by atoms with Crippen LogP contribution >= 0.6 is 0 Å². The van der Waals surface area contributed by atoms with Crippen LogP contribution in [0.4, 0.5) is 0 Å². The Kier molecular flexibility index (Phi) is 6.18. The summed E-state index contributed by atoms with van der Waals surface area (Å²) in [5.41, 5.74) is 5.15. The molecule has 60 valence electrons. The largest absolute Gasteiger partial charge is 0.388 e. The lowest BCUT2D eigenvalue weighted by molar-refractivity contribution is 0.144. The maximum atomic E-state index is 6.91. The smallest absolute Gasteiger partial charge is 0.0905 e. The number of unbranched alkanes of at least 4 members (excludes halogenated alkanes) is 1. The van der Waals surface area contributed by atoms with E-state index in [1.165, 1.54) is 0 Å². The van der Waals surface area contributed by atoms with Crippen molar-refractivity contribution in [2.75, 3.05) is 13.2 Å². The molecule has 0 aliphatic rings. The van der Waals surface area contributed by atoms with E-state index in [9.17, 15) is 0 Å². The number of hydrogen-bond donors (Lipinski definition) is 2. The summed E-state index contributed by atoms with van der Waals surface area (Å²) in [6.45, 7) is 3.55. The molecule has 0 heterocycles. The van der Waals surface area contributed by atoms with Gasteiger partial charge in [0, 0.05) is 19.6 Å². The van der Waals surface area contributed by atoms with E-state index in [1.54, 1.807) is 0 Å². The van der Waals surface area contributed by atoms with Gasteiger partial charge in [0.25, 0.3) is 0 Å². The molecule has 10 heavy (non-hydrogen) atoms. The van der Waals surface area contributed by atoms with E-state index in [4.69, 9.17) is 15.9 Å². The Morgan fingerprint density at radius 3 is 2.70 bits per heavy atom. The Labute approximate surface area is 62.1 Å². The predicted molar refractivity (Wildman–Crippen MR) is 42.3 cm³/mol. The third-order valence-electron chi connectivity index (χ3n) is 1.19. The second-order valence-corrected chi connectivity index (χ2v) is 2.18. The first-order valence-corrected chi connectivity index (χ1v) is 3.68. The van der Waals surface area contributed by atoms with E-state index in [0.29, 0.717) is 6.42 Å². The number of hydrogen-bond acceptors (Lipinski definition) is 2. The van der Waals surface area contributed by atoms with Crippen molar-refractivity contribution in [3.8, 4) is 0 Å². The van der Waals surface area contributed by atoms with Crippen molar-refractivity contribution in [2.45, 2.75) is 26.2 Å². The third kappa shape index (κ3) is 7.43. The topological polar surface area (TPSA) is 59.1 Å². The van der Waals surface area contributed by atoms with E-state index in [2.05, 4.69) is 0 Å². The van der Waals surface area contributed by atoms with E-state index in [-0.39, 0.29) is 5.84 Å². The Morgan fingerprint density at radius 2 is 2.20 bits per heavy atom. The first kappa shape index (κ1) is 9.43. The maximum absolute atomic E-state index is 6.91. The third-order valence-corrected chi connectivity index (χ3v) is 1.19. The average Bonchev–Trinajstić information content (AvgIpc) is 1.87. The molecular formula is C7H16N2O. The summed E-state index contributed by atoms with van der Waals surface area (Å²) in [6, 6.07) is 0. The molecule has 0 aliphatic carbocycles. The van der Waals surface area contributed by atoms with Gasteiger partial charge in [-0.3, -0.25) is 5.41 Å². The van der Waals surface area contributed by atoms with Gasteiger partial charge in [-0.1, -0.05) is 0 Å². The van der Waals surface area contributed by atoms with Crippen molar-refractivity contribution in [1.29, 1.82) is 5.41 Å². The molecule has 3 nitrogen and oxygen atoms in total. The van der Waals surface area contributed by atoms with Crippen LogP contribution in [0.15, 0.2) is 0 Å². The van der Waals surface area contributed by atoms with E-state index in [1.807, 2.05) is 6.92 Å². The second kappa shape index (κ2) is 6.55. The molecule has 0 aromatic heterocycles. The summed E-state index contributed by atoms with van der Waals surface area (Å²) in [6.07, 6.45) is 2.68. The van der Waals surface area contributed by atoms with Crippen LogP contribution in [0.5, 0.6) is 0 Å². The fraction of sp³-hybridized carbons (Fsp3) is 0.857. The van der Waals surface area contributed by atoms with Gasteiger partial charge >= 0.3 is 0 Å². The van der Waals surface area contributed by atoms with Crippen molar-refractivity contribution in [2.24, 2.45) is 5.73 Å². The normalized spacial score (nSPS) is 9.70. The second-order valence-electron chi connectivity index (χ2n) is 2.18. The van der Waals surface area contributed by atoms with Crippen molar-refractivity contribution < 1.29 is 4.74 Å². The first-order chi connectivity index (χ1) is 4.77. The Hall–Kier alpha value is -0.570. The van der Waals surface area contributed by atoms with Crippen LogP contribution in [-0.4, -0.2) is 19.0 Å². The molecule has 0 atom stereocenters. The Balaban J connectivity index is 2.84. The molecule has 0 saturated heterocycles. The number of ether oxygens (including phenoxy) is 1. The summed E-state index contributed by atoms with van der Waals surface area (Å²) in [5.74, 6) is 0.275. The van der Waals surface area contributed by atoms with Gasteiger partial charge in [-0.15, -0.1) is 0 Å². The summed E-state index contributed by atoms with van der Waals surface area (Å²) in [4.78, 5) is 0. The van der Waals surface area contributed by atoms with Gasteiger partial charge in [0.1, 0.15) is 0 Å². The van der Waals surface area contributed by atoms with Crippen LogP contribution in [0.25, 0.3) is 0 Å². The molecule has 0 amide bonds. The highest BCUT2D eigenvalue weighted by atomic mass is 16.5. The minimum absolute atomic E-state index is 0.275. The van der Waals surface area contributed by atoms with Gasteiger partial charge < -0.3 is 10.5 Å². The van der Waals surface area contributed by atoms with Crippen LogP contribution in [0, 0.1) is 5.41 Å². The monoisotopic (exact) mass is 144 g/mol. The van der Waals surface area contributed by atoms with Crippen LogP contribution in [0.3, 0.4) is 0 Å². The molecule has 0 saturated carbocycles. The summed E-state index contributed by atoms with van der Waals surface area (Å²) in [7, 11) is 0. The average molecular weight is 144 g/mol. The van der Waals surface area contributed by atoms with E-state index < -0.39 is 0 Å². The van der Waals surface area contributed by atoms with E-state index >= 15 is 0 Å². The first-order valence-electron chi connectivity index (χ1n) is 3.68. The summed E-state index contributed by atoms with van der Waals surface area (Å²) in [5, 5.41) is 6.91. The zero-order chi connectivity index (χ0) is 7.82. The molecule has 0 bridgehead atoms. The molecule has 0 radical (unpaired) electrons. The molecule has 0 aromatic rings. The molecular weight excluding hydrogens is 128 g/mol. The molecule has 0 aliphatic heterocycles. The fourth-order valence-electron chi connectivity index (χ4n) is 0.664. The summed E-state index contributed by atoms with van der Waals surface area (Å²) >= 11 is 0. The molecule has 0 spiro atoms. The SMILES string of the molecule is CCOCCCCC(=N)N. The van der Waals surface area contributed by atoms with Crippen LogP contribution in [0.2, 0.25) is 0 Å². The summed E-state index contributed by atoms with van der Waals surface area (Å²) < 4.78 is 5.10. The molecule has 0 rings (SSSR count). The lowest BCUT2D eigenvalue weighted by Crippen LogP contribution is -2.09. The molecule has 0 aromatic carbocycles. The molecule has 0 fully saturated rings. The highest BCUT2D eigenvalue weighted by Gasteiger charge is 1.89. The predicted octanol–water partition coefficient (Wildman–Crippen LogP) is 1.13. The quantitative estimate of drug-likeness (QED) is 0.333. The highest BCUT2D eigenvalue weighted by Crippen LogP contribution is 1.94. The number of amidine groups is 1. The van der Waals surface area contributed by atoms with Gasteiger partial charge in [-0.2, -0.15) is 0 Å². The van der Waals surface area contributed by atoms with Gasteiger partial charge in [-0.05, 0) is 19.8 Å². The van der Waals surface area contributed by atoms with Gasteiger partial charge in [0.05, 0.1) is 5.84 Å². The maximum Gasteiger partial charge on any atom is 0.0905 e. The Morgan fingerprint density at radius 1 is 1.50 bits per heavy atom. The molecule has 3 heteroatoms. The van der Waals surface area contributed by atoms with Crippen molar-refractivity contribution >= 4 is 5.84 Å². The number of nitrogens with two attached hydrogens (primary N) is 1. The highest BCUT2D eigenvalue weighted by molar-refractivity contribution is 5.76. The van der Waals surface area contributed by atoms with Gasteiger partial charge in [-0.25, -0.2) is 0 Å². The minimum Gasteiger partial charge on any atom is -0.388 e. The van der Waals surface area contributed by atoms with Crippen LogP contribution in [0.1, 0.15) is 26.2 Å². The van der Waals surface area contributed by atoms with Crippen LogP contribution in [-0.2, 0) is 4.74 Å². The van der Waals surface area contributed by atoms with Crippen molar-refractivity contribution in [1.82, 2.24) is 0 Å². The van der Waals surface area contributed by atoms with E-state index in [0.717, 1.165) is 26.1 Å². The Bertz CT molecular complexity index is 93.6. The molecule has 0 unspecified atom stereocenters. The standard InChI is InChI=1S/C7H16N2O/c1-2-10-6-4-3-5-7(8)9/h2-6H2,1H3,(H3,8,9). The van der Waals surface area contributed by atoms with Gasteiger partial charge in [0.15, 0.2) is 0 Å². The fourth-order valence-corrected chi connectivity index (χ4v) is 0.664.